The second kappa shape index (κ2) is 8.10. The van der Waals surface area contributed by atoms with Crippen LogP contribution in [-0.4, -0.2) is 26.0 Å². The van der Waals surface area contributed by atoms with Crippen molar-refractivity contribution in [2.45, 2.75) is 6.92 Å². The van der Waals surface area contributed by atoms with E-state index in [1.807, 2.05) is 25.1 Å². The Morgan fingerprint density at radius 2 is 2.19 bits per heavy atom. The lowest BCUT2D eigenvalue weighted by Gasteiger charge is -2.01. The number of halogens is 1. The number of nitrogens with zero attached hydrogens (tertiary/aromatic N) is 1. The van der Waals surface area contributed by atoms with E-state index < -0.39 is 0 Å². The van der Waals surface area contributed by atoms with Crippen LogP contribution in [0.15, 0.2) is 29.4 Å². The Labute approximate surface area is 100 Å². The van der Waals surface area contributed by atoms with Gasteiger partial charge in [0.2, 0.25) is 0 Å². The first kappa shape index (κ1) is 13.0. The van der Waals surface area contributed by atoms with Crippen molar-refractivity contribution in [1.82, 2.24) is 5.59 Å². The summed E-state index contributed by atoms with van der Waals surface area (Å²) in [6, 6.07) is 7.43. The van der Waals surface area contributed by atoms with Gasteiger partial charge in [-0.3, -0.25) is 4.84 Å². The molecule has 0 fully saturated rings. The summed E-state index contributed by atoms with van der Waals surface area (Å²) in [4.78, 5) is 4.98. The van der Waals surface area contributed by atoms with Crippen LogP contribution in [0, 0.1) is 0 Å². The van der Waals surface area contributed by atoms with E-state index in [0.717, 1.165) is 5.56 Å². The van der Waals surface area contributed by atoms with Crippen molar-refractivity contribution < 1.29 is 9.57 Å². The zero-order valence-electron chi connectivity index (χ0n) is 9.15. The molecule has 0 aliphatic heterocycles. The Balaban J connectivity index is 2.20. The van der Waals surface area contributed by atoms with Crippen LogP contribution in [0.5, 0.6) is 0 Å². The standard InChI is InChI=1S/C11H15ClN2O2/c1-2-15-7-8-16-14-13-9-10-5-3-4-6-11(10)12/h3-6,9,14H,2,7-8H2,1H3. The quantitative estimate of drug-likeness (QED) is 0.453. The Morgan fingerprint density at radius 3 is 2.94 bits per heavy atom. The summed E-state index contributed by atoms with van der Waals surface area (Å²) in [5, 5.41) is 4.52. The van der Waals surface area contributed by atoms with Crippen molar-refractivity contribution in [3.63, 3.8) is 0 Å². The largest absolute Gasteiger partial charge is 0.379 e. The number of ether oxygens (including phenoxy) is 1. The maximum atomic E-state index is 5.93. The van der Waals surface area contributed by atoms with Gasteiger partial charge in [-0.15, -0.1) is 0 Å². The predicted molar refractivity (Wildman–Crippen MR) is 64.6 cm³/mol. The van der Waals surface area contributed by atoms with E-state index in [1.165, 1.54) is 0 Å². The second-order valence-electron chi connectivity index (χ2n) is 2.92. The van der Waals surface area contributed by atoms with E-state index >= 15 is 0 Å². The fraction of sp³-hybridized carbons (Fsp3) is 0.364. The molecule has 5 heteroatoms. The number of rotatable bonds is 7. The molecule has 0 heterocycles. The highest BCUT2D eigenvalue weighted by atomic mass is 35.5. The van der Waals surface area contributed by atoms with Crippen molar-refractivity contribution in [3.05, 3.63) is 34.9 Å². The Morgan fingerprint density at radius 1 is 1.38 bits per heavy atom. The Kier molecular flexibility index (Phi) is 6.56. The van der Waals surface area contributed by atoms with E-state index in [2.05, 4.69) is 10.7 Å². The lowest BCUT2D eigenvalue weighted by molar-refractivity contribution is -0.000668. The van der Waals surface area contributed by atoms with E-state index in [9.17, 15) is 0 Å². The molecule has 4 nitrogen and oxygen atoms in total. The van der Waals surface area contributed by atoms with Gasteiger partial charge >= 0.3 is 0 Å². The van der Waals surface area contributed by atoms with Crippen LogP contribution in [0.25, 0.3) is 0 Å². The molecule has 0 saturated heterocycles. The molecule has 0 amide bonds. The topological polar surface area (TPSA) is 42.9 Å². The van der Waals surface area contributed by atoms with Crippen molar-refractivity contribution in [2.75, 3.05) is 19.8 Å². The molecule has 0 saturated carbocycles. The summed E-state index contributed by atoms with van der Waals surface area (Å²) in [5.74, 6) is 0. The lowest BCUT2D eigenvalue weighted by atomic mass is 10.2. The van der Waals surface area contributed by atoms with Gasteiger partial charge in [0.25, 0.3) is 0 Å². The molecule has 0 unspecified atom stereocenters. The van der Waals surface area contributed by atoms with Crippen LogP contribution in [-0.2, 0) is 9.57 Å². The van der Waals surface area contributed by atoms with Gasteiger partial charge in [0, 0.05) is 17.2 Å². The van der Waals surface area contributed by atoms with Crippen LogP contribution in [0.3, 0.4) is 0 Å². The third-order valence-corrected chi connectivity index (χ3v) is 2.10. The molecular weight excluding hydrogens is 228 g/mol. The third-order valence-electron chi connectivity index (χ3n) is 1.76. The first-order chi connectivity index (χ1) is 7.84. The van der Waals surface area contributed by atoms with Crippen LogP contribution in [0.2, 0.25) is 5.02 Å². The Hall–Kier alpha value is -1.10. The molecule has 0 atom stereocenters. The zero-order chi connectivity index (χ0) is 11.6. The molecule has 16 heavy (non-hydrogen) atoms. The maximum Gasteiger partial charge on any atom is 0.0998 e. The van der Waals surface area contributed by atoms with Crippen LogP contribution < -0.4 is 5.59 Å². The number of nitrogens with one attached hydrogen (secondary N) is 1. The molecule has 88 valence electrons. The van der Waals surface area contributed by atoms with E-state index in [4.69, 9.17) is 21.2 Å². The smallest absolute Gasteiger partial charge is 0.0998 e. The average Bonchev–Trinajstić information content (AvgIpc) is 2.30. The molecule has 1 aromatic rings. The SMILES string of the molecule is CCOCCONN=Cc1ccccc1Cl. The van der Waals surface area contributed by atoms with Crippen LogP contribution >= 0.6 is 11.6 Å². The third kappa shape index (κ3) is 5.11. The maximum absolute atomic E-state index is 5.93. The summed E-state index contributed by atoms with van der Waals surface area (Å²) in [5.41, 5.74) is 3.29. The lowest BCUT2D eigenvalue weighted by Crippen LogP contribution is -2.12. The molecule has 0 radical (unpaired) electrons. The van der Waals surface area contributed by atoms with Crippen LogP contribution in [0.1, 0.15) is 12.5 Å². The average molecular weight is 243 g/mol. The molecule has 1 rings (SSSR count). The van der Waals surface area contributed by atoms with Gasteiger partial charge in [0.15, 0.2) is 0 Å². The molecule has 0 spiro atoms. The van der Waals surface area contributed by atoms with E-state index in [0.29, 0.717) is 24.8 Å². The summed E-state index contributed by atoms with van der Waals surface area (Å²) < 4.78 is 5.08. The molecule has 0 aliphatic carbocycles. The summed E-state index contributed by atoms with van der Waals surface area (Å²) in [7, 11) is 0. The fourth-order valence-electron chi connectivity index (χ4n) is 1.00. The molecule has 0 bridgehead atoms. The predicted octanol–water partition coefficient (Wildman–Crippen LogP) is 2.23. The first-order valence-electron chi connectivity index (χ1n) is 5.06. The van der Waals surface area contributed by atoms with E-state index in [-0.39, 0.29) is 0 Å². The summed E-state index contributed by atoms with van der Waals surface area (Å²) >= 11 is 5.93. The number of benzene rings is 1. The van der Waals surface area contributed by atoms with Gasteiger partial charge in [-0.2, -0.15) is 10.7 Å². The molecule has 1 N–H and O–H groups in total. The number of hydrogen-bond donors (Lipinski definition) is 1. The summed E-state index contributed by atoms with van der Waals surface area (Å²) in [6.45, 7) is 3.62. The Bertz CT molecular complexity index is 332. The second-order valence-corrected chi connectivity index (χ2v) is 3.32. The normalized spacial score (nSPS) is 10.9. The highest BCUT2D eigenvalue weighted by Gasteiger charge is 1.93. The molecule has 1 aromatic carbocycles. The van der Waals surface area contributed by atoms with Crippen LogP contribution in [0.4, 0.5) is 0 Å². The minimum absolute atomic E-state index is 0.452. The molecular formula is C11H15ClN2O2. The minimum atomic E-state index is 0.452. The van der Waals surface area contributed by atoms with Gasteiger partial charge < -0.3 is 4.74 Å². The first-order valence-corrected chi connectivity index (χ1v) is 5.44. The van der Waals surface area contributed by atoms with Gasteiger partial charge in [0.1, 0.15) is 0 Å². The van der Waals surface area contributed by atoms with Crippen molar-refractivity contribution in [1.29, 1.82) is 0 Å². The highest BCUT2D eigenvalue weighted by Crippen LogP contribution is 2.11. The van der Waals surface area contributed by atoms with Crippen molar-refractivity contribution >= 4 is 17.8 Å². The number of hydrazone groups is 1. The van der Waals surface area contributed by atoms with Gasteiger partial charge in [-0.1, -0.05) is 29.8 Å². The highest BCUT2D eigenvalue weighted by molar-refractivity contribution is 6.33. The van der Waals surface area contributed by atoms with E-state index in [1.54, 1.807) is 12.3 Å². The minimum Gasteiger partial charge on any atom is -0.379 e. The van der Waals surface area contributed by atoms with Gasteiger partial charge in [-0.25, -0.2) is 0 Å². The molecule has 0 aliphatic rings. The van der Waals surface area contributed by atoms with Gasteiger partial charge in [0.05, 0.1) is 19.4 Å². The summed E-state index contributed by atoms with van der Waals surface area (Å²) in [6.07, 6.45) is 1.60. The zero-order valence-corrected chi connectivity index (χ0v) is 9.91. The van der Waals surface area contributed by atoms with Crippen molar-refractivity contribution in [2.24, 2.45) is 5.10 Å². The molecule has 0 aromatic heterocycles. The monoisotopic (exact) mass is 242 g/mol. The number of hydrogen-bond acceptors (Lipinski definition) is 4. The fourth-order valence-corrected chi connectivity index (χ4v) is 1.19. The van der Waals surface area contributed by atoms with Crippen molar-refractivity contribution in [3.8, 4) is 0 Å². The van der Waals surface area contributed by atoms with Gasteiger partial charge in [-0.05, 0) is 13.0 Å².